The molecule has 0 N–H and O–H groups in total. The van der Waals surface area contributed by atoms with E-state index in [9.17, 15) is 14.4 Å². The Morgan fingerprint density at radius 1 is 1.11 bits per heavy atom. The second-order valence-electron chi connectivity index (χ2n) is 7.62. The van der Waals surface area contributed by atoms with Gasteiger partial charge < -0.3 is 19.3 Å². The van der Waals surface area contributed by atoms with E-state index in [4.69, 9.17) is 9.47 Å². The van der Waals surface area contributed by atoms with Crippen LogP contribution in [0.3, 0.4) is 0 Å². The highest BCUT2D eigenvalue weighted by molar-refractivity contribution is 8.13. The summed E-state index contributed by atoms with van der Waals surface area (Å²) in [7, 11) is 0. The van der Waals surface area contributed by atoms with Crippen molar-refractivity contribution in [1.29, 1.82) is 0 Å². The quantitative estimate of drug-likeness (QED) is 0.759. The fourth-order valence-electron chi connectivity index (χ4n) is 2.75. The summed E-state index contributed by atoms with van der Waals surface area (Å²) in [4.78, 5) is 39.6. The van der Waals surface area contributed by atoms with Gasteiger partial charge >= 0.3 is 12.2 Å². The number of hydrogen-bond acceptors (Lipinski definition) is 6. The first-order valence-electron chi connectivity index (χ1n) is 9.24. The molecular weight excluding hydrogens is 380 g/mol. The molecule has 0 aliphatic carbocycles. The molecule has 1 fully saturated rings. The average molecular weight is 409 g/mol. The maximum absolute atomic E-state index is 12.6. The molecule has 0 bridgehead atoms. The standard InChI is InChI=1S/C20H28N2O5S/c1-15(23)28-14-17-12-21(18(24)27-20(2,3)4)10-11-22(17)19(25)26-13-16-8-6-5-7-9-16/h5-9,17H,10-14H2,1-4H3/t17-/m1/s1. The third kappa shape index (κ3) is 7.07. The minimum Gasteiger partial charge on any atom is -0.445 e. The summed E-state index contributed by atoms with van der Waals surface area (Å²) in [5.74, 6) is 0.398. The predicted octanol–water partition coefficient (Wildman–Crippen LogP) is 3.52. The van der Waals surface area contributed by atoms with Gasteiger partial charge in [-0.05, 0) is 26.3 Å². The van der Waals surface area contributed by atoms with Crippen molar-refractivity contribution in [2.45, 2.75) is 45.9 Å². The number of hydrogen-bond donors (Lipinski definition) is 0. The smallest absolute Gasteiger partial charge is 0.410 e. The molecule has 1 atom stereocenters. The Morgan fingerprint density at radius 3 is 2.39 bits per heavy atom. The third-order valence-corrected chi connectivity index (χ3v) is 5.01. The molecule has 1 aliphatic heterocycles. The molecule has 0 unspecified atom stereocenters. The van der Waals surface area contributed by atoms with Crippen molar-refractivity contribution in [3.8, 4) is 0 Å². The van der Waals surface area contributed by atoms with E-state index in [1.807, 2.05) is 51.1 Å². The summed E-state index contributed by atoms with van der Waals surface area (Å²) in [6.45, 7) is 8.08. The molecular formula is C20H28N2O5S. The molecule has 1 aromatic carbocycles. The van der Waals surface area contributed by atoms with E-state index >= 15 is 0 Å². The second kappa shape index (κ2) is 9.82. The van der Waals surface area contributed by atoms with Gasteiger partial charge in [-0.25, -0.2) is 9.59 Å². The fourth-order valence-corrected chi connectivity index (χ4v) is 3.46. The van der Waals surface area contributed by atoms with E-state index in [0.717, 1.165) is 17.3 Å². The lowest BCUT2D eigenvalue weighted by Crippen LogP contribution is -2.58. The van der Waals surface area contributed by atoms with Crippen molar-refractivity contribution >= 4 is 29.1 Å². The van der Waals surface area contributed by atoms with Gasteiger partial charge in [-0.2, -0.15) is 0 Å². The molecule has 154 valence electrons. The number of piperazine rings is 1. The van der Waals surface area contributed by atoms with Crippen LogP contribution in [-0.4, -0.2) is 64.1 Å². The van der Waals surface area contributed by atoms with Crippen LogP contribution in [0, 0.1) is 0 Å². The molecule has 0 saturated carbocycles. The van der Waals surface area contributed by atoms with Crippen molar-refractivity contribution < 1.29 is 23.9 Å². The Labute approximate surface area is 170 Å². The zero-order valence-electron chi connectivity index (χ0n) is 16.8. The van der Waals surface area contributed by atoms with Crippen LogP contribution in [0.25, 0.3) is 0 Å². The highest BCUT2D eigenvalue weighted by Crippen LogP contribution is 2.19. The number of nitrogens with zero attached hydrogens (tertiary/aromatic N) is 2. The molecule has 8 heteroatoms. The van der Waals surface area contributed by atoms with Crippen molar-refractivity contribution in [2.75, 3.05) is 25.4 Å². The Balaban J connectivity index is 2.00. The largest absolute Gasteiger partial charge is 0.445 e. The van der Waals surface area contributed by atoms with E-state index in [1.165, 1.54) is 6.92 Å². The van der Waals surface area contributed by atoms with Gasteiger partial charge in [0.05, 0.1) is 6.04 Å². The average Bonchev–Trinajstić information content (AvgIpc) is 2.63. The lowest BCUT2D eigenvalue weighted by Gasteiger charge is -2.40. The molecule has 0 radical (unpaired) electrons. The maximum atomic E-state index is 12.6. The summed E-state index contributed by atoms with van der Waals surface area (Å²) in [6, 6.07) is 9.12. The second-order valence-corrected chi connectivity index (χ2v) is 8.81. The monoisotopic (exact) mass is 408 g/mol. The van der Waals surface area contributed by atoms with Crippen LogP contribution in [0.15, 0.2) is 30.3 Å². The van der Waals surface area contributed by atoms with Crippen molar-refractivity contribution in [3.05, 3.63) is 35.9 Å². The van der Waals surface area contributed by atoms with Gasteiger partial charge in [0.15, 0.2) is 5.12 Å². The van der Waals surface area contributed by atoms with Crippen LogP contribution in [0.1, 0.15) is 33.3 Å². The van der Waals surface area contributed by atoms with Crippen LogP contribution >= 0.6 is 11.8 Å². The van der Waals surface area contributed by atoms with Crippen molar-refractivity contribution in [3.63, 3.8) is 0 Å². The maximum Gasteiger partial charge on any atom is 0.410 e. The molecule has 1 aromatic rings. The van der Waals surface area contributed by atoms with Gasteiger partial charge in [-0.1, -0.05) is 42.1 Å². The number of benzene rings is 1. The topological polar surface area (TPSA) is 76.2 Å². The summed E-state index contributed by atoms with van der Waals surface area (Å²) in [6.07, 6.45) is -0.857. The number of carbonyl (C=O) groups excluding carboxylic acids is 3. The first kappa shape index (κ1) is 22.1. The van der Waals surface area contributed by atoms with E-state index in [2.05, 4.69) is 0 Å². The van der Waals surface area contributed by atoms with Crippen LogP contribution in [-0.2, 0) is 20.9 Å². The molecule has 0 spiro atoms. The molecule has 1 heterocycles. The van der Waals surface area contributed by atoms with Crippen LogP contribution < -0.4 is 0 Å². The van der Waals surface area contributed by atoms with Gasteiger partial charge in [0.1, 0.15) is 12.2 Å². The summed E-state index contributed by atoms with van der Waals surface area (Å²) in [5.41, 5.74) is 0.310. The molecule has 1 aliphatic rings. The summed E-state index contributed by atoms with van der Waals surface area (Å²) >= 11 is 1.13. The third-order valence-electron chi connectivity index (χ3n) is 4.05. The lowest BCUT2D eigenvalue weighted by molar-refractivity contribution is -0.109. The summed E-state index contributed by atoms with van der Waals surface area (Å²) < 4.78 is 10.9. The van der Waals surface area contributed by atoms with Crippen LogP contribution in [0.2, 0.25) is 0 Å². The molecule has 7 nitrogen and oxygen atoms in total. The van der Waals surface area contributed by atoms with Crippen LogP contribution in [0.4, 0.5) is 9.59 Å². The fraction of sp³-hybridized carbons (Fsp3) is 0.550. The Morgan fingerprint density at radius 2 is 1.79 bits per heavy atom. The zero-order chi connectivity index (χ0) is 20.7. The number of ether oxygens (including phenoxy) is 2. The van der Waals surface area contributed by atoms with E-state index in [1.54, 1.807) is 9.80 Å². The Hall–Kier alpha value is -2.22. The SMILES string of the molecule is CC(=O)SC[C@H]1CN(C(=O)OC(C)(C)C)CCN1C(=O)OCc1ccccc1. The van der Waals surface area contributed by atoms with Crippen molar-refractivity contribution in [2.24, 2.45) is 0 Å². The van der Waals surface area contributed by atoms with E-state index in [0.29, 0.717) is 25.4 Å². The lowest BCUT2D eigenvalue weighted by atomic mass is 10.2. The van der Waals surface area contributed by atoms with Gasteiger partial charge in [0, 0.05) is 32.3 Å². The highest BCUT2D eigenvalue weighted by atomic mass is 32.2. The molecule has 28 heavy (non-hydrogen) atoms. The Bertz CT molecular complexity index is 690. The highest BCUT2D eigenvalue weighted by Gasteiger charge is 2.35. The zero-order valence-corrected chi connectivity index (χ0v) is 17.7. The van der Waals surface area contributed by atoms with Gasteiger partial charge in [0.25, 0.3) is 0 Å². The minimum absolute atomic E-state index is 0.0352. The summed E-state index contributed by atoms with van der Waals surface area (Å²) in [5, 5.41) is -0.0352. The molecule has 0 aromatic heterocycles. The first-order valence-corrected chi connectivity index (χ1v) is 10.2. The van der Waals surface area contributed by atoms with Crippen LogP contribution in [0.5, 0.6) is 0 Å². The first-order chi connectivity index (χ1) is 13.2. The number of carbonyl (C=O) groups is 3. The van der Waals surface area contributed by atoms with Gasteiger partial charge in [0.2, 0.25) is 0 Å². The molecule has 2 amide bonds. The normalized spacial score (nSPS) is 17.2. The van der Waals surface area contributed by atoms with Gasteiger partial charge in [-0.15, -0.1) is 0 Å². The predicted molar refractivity (Wildman–Crippen MR) is 108 cm³/mol. The van der Waals surface area contributed by atoms with Gasteiger partial charge in [-0.3, -0.25) is 4.79 Å². The van der Waals surface area contributed by atoms with Crippen molar-refractivity contribution in [1.82, 2.24) is 9.80 Å². The number of thioether (sulfide) groups is 1. The minimum atomic E-state index is -0.591. The van der Waals surface area contributed by atoms with E-state index in [-0.39, 0.29) is 17.8 Å². The van der Waals surface area contributed by atoms with E-state index < -0.39 is 17.8 Å². The molecule has 2 rings (SSSR count). The Kier molecular flexibility index (Phi) is 7.74. The number of amides is 2. The molecule has 1 saturated heterocycles. The number of rotatable bonds is 4.